The molecule has 1 aromatic carbocycles. The summed E-state index contributed by atoms with van der Waals surface area (Å²) in [5.41, 5.74) is 2.51. The fraction of sp³-hybridized carbons (Fsp3) is 0.286. The first-order chi connectivity index (χ1) is 9.47. The minimum absolute atomic E-state index is 0.0336. The zero-order chi connectivity index (χ0) is 14.7. The van der Waals surface area contributed by atoms with E-state index in [4.69, 9.17) is 11.6 Å². The van der Waals surface area contributed by atoms with Gasteiger partial charge in [-0.15, -0.1) is 0 Å². The topological polar surface area (TPSA) is 51.1 Å². The van der Waals surface area contributed by atoms with Gasteiger partial charge in [-0.1, -0.05) is 29.0 Å². The summed E-state index contributed by atoms with van der Waals surface area (Å²) in [5.74, 6) is -0.137. The number of aryl methyl sites for hydroxylation is 2. The standard InChI is InChI=1S/C14H15ClN2O2S/c1-9-3-4-11(7-12(9)15)16-13(18)5-6-17-10(2)8-20-14(17)19/h3-4,7-8H,5-6H2,1-2H3,(H,16,18). The number of carbonyl (C=O) groups excluding carboxylic acids is 1. The average molecular weight is 311 g/mol. The molecular formula is C14H15ClN2O2S. The molecule has 4 nitrogen and oxygen atoms in total. The number of hydrogen-bond donors (Lipinski definition) is 1. The predicted octanol–water partition coefficient (Wildman–Crippen LogP) is 3.21. The van der Waals surface area contributed by atoms with Gasteiger partial charge in [0.2, 0.25) is 5.91 Å². The van der Waals surface area contributed by atoms with Crippen LogP contribution in [0.15, 0.2) is 28.4 Å². The van der Waals surface area contributed by atoms with Crippen molar-refractivity contribution in [1.29, 1.82) is 0 Å². The Hall–Kier alpha value is -1.59. The van der Waals surface area contributed by atoms with Gasteiger partial charge >= 0.3 is 4.87 Å². The first-order valence-corrected chi connectivity index (χ1v) is 7.44. The van der Waals surface area contributed by atoms with Crippen molar-refractivity contribution in [3.63, 3.8) is 0 Å². The molecule has 0 fully saturated rings. The van der Waals surface area contributed by atoms with Gasteiger partial charge in [-0.3, -0.25) is 9.59 Å². The lowest BCUT2D eigenvalue weighted by molar-refractivity contribution is -0.116. The average Bonchev–Trinajstić information content (AvgIpc) is 2.71. The van der Waals surface area contributed by atoms with Gasteiger partial charge in [0.1, 0.15) is 0 Å². The summed E-state index contributed by atoms with van der Waals surface area (Å²) >= 11 is 7.15. The Bertz CT molecular complexity index is 691. The Kier molecular flexibility index (Phi) is 4.62. The van der Waals surface area contributed by atoms with Crippen molar-refractivity contribution in [3.8, 4) is 0 Å². The molecule has 2 aromatic rings. The maximum Gasteiger partial charge on any atom is 0.307 e. The second kappa shape index (κ2) is 6.24. The van der Waals surface area contributed by atoms with Gasteiger partial charge in [-0.05, 0) is 31.5 Å². The van der Waals surface area contributed by atoms with E-state index in [1.54, 1.807) is 22.1 Å². The van der Waals surface area contributed by atoms with Crippen LogP contribution in [0.25, 0.3) is 0 Å². The van der Waals surface area contributed by atoms with Crippen LogP contribution in [-0.2, 0) is 11.3 Å². The summed E-state index contributed by atoms with van der Waals surface area (Å²) in [6.45, 7) is 4.15. The minimum Gasteiger partial charge on any atom is -0.326 e. The van der Waals surface area contributed by atoms with Gasteiger partial charge in [0, 0.05) is 34.7 Å². The monoisotopic (exact) mass is 310 g/mol. The zero-order valence-corrected chi connectivity index (χ0v) is 12.8. The number of halogens is 1. The minimum atomic E-state index is -0.137. The summed E-state index contributed by atoms with van der Waals surface area (Å²) in [6, 6.07) is 5.38. The third-order valence-corrected chi connectivity index (χ3v) is 4.28. The van der Waals surface area contributed by atoms with Gasteiger partial charge in [0.25, 0.3) is 0 Å². The molecule has 1 aromatic heterocycles. The number of hydrogen-bond acceptors (Lipinski definition) is 3. The number of rotatable bonds is 4. The number of carbonyl (C=O) groups is 1. The van der Waals surface area contributed by atoms with Crippen LogP contribution in [0.2, 0.25) is 5.02 Å². The largest absolute Gasteiger partial charge is 0.326 e. The molecule has 106 valence electrons. The molecule has 0 aliphatic rings. The van der Waals surface area contributed by atoms with Crippen LogP contribution in [0.1, 0.15) is 17.7 Å². The van der Waals surface area contributed by atoms with E-state index in [-0.39, 0.29) is 17.2 Å². The van der Waals surface area contributed by atoms with Crippen LogP contribution in [0, 0.1) is 13.8 Å². The molecule has 1 amide bonds. The Balaban J connectivity index is 1.96. The molecule has 0 unspecified atom stereocenters. The molecule has 20 heavy (non-hydrogen) atoms. The molecule has 1 heterocycles. The number of nitrogens with zero attached hydrogens (tertiary/aromatic N) is 1. The lowest BCUT2D eigenvalue weighted by Gasteiger charge is -2.08. The zero-order valence-electron chi connectivity index (χ0n) is 11.3. The summed E-state index contributed by atoms with van der Waals surface area (Å²) in [4.78, 5) is 23.4. The molecular weight excluding hydrogens is 296 g/mol. The van der Waals surface area contributed by atoms with Crippen molar-refractivity contribution in [2.45, 2.75) is 26.8 Å². The van der Waals surface area contributed by atoms with Crippen LogP contribution < -0.4 is 10.2 Å². The summed E-state index contributed by atoms with van der Waals surface area (Å²) in [6.07, 6.45) is 0.253. The first kappa shape index (κ1) is 14.8. The molecule has 0 saturated carbocycles. The van der Waals surface area contributed by atoms with Crippen LogP contribution >= 0.6 is 22.9 Å². The third-order valence-electron chi connectivity index (χ3n) is 2.99. The van der Waals surface area contributed by atoms with Crippen LogP contribution in [-0.4, -0.2) is 10.5 Å². The number of amides is 1. The fourth-order valence-corrected chi connectivity index (χ4v) is 2.72. The van der Waals surface area contributed by atoms with Gasteiger partial charge in [-0.2, -0.15) is 0 Å². The van der Waals surface area contributed by atoms with Crippen molar-refractivity contribution in [1.82, 2.24) is 4.57 Å². The lowest BCUT2D eigenvalue weighted by atomic mass is 10.2. The molecule has 0 saturated heterocycles. The van der Waals surface area contributed by atoms with E-state index >= 15 is 0 Å². The molecule has 0 bridgehead atoms. The highest BCUT2D eigenvalue weighted by molar-refractivity contribution is 7.07. The van der Waals surface area contributed by atoms with Crippen LogP contribution in [0.3, 0.4) is 0 Å². The molecule has 6 heteroatoms. The number of nitrogens with one attached hydrogen (secondary N) is 1. The summed E-state index contributed by atoms with van der Waals surface area (Å²) in [5, 5.41) is 5.19. The number of anilines is 1. The normalized spacial score (nSPS) is 10.6. The lowest BCUT2D eigenvalue weighted by Crippen LogP contribution is -2.20. The third kappa shape index (κ3) is 3.49. The van der Waals surface area contributed by atoms with Crippen molar-refractivity contribution in [2.24, 2.45) is 0 Å². The molecule has 0 aliphatic heterocycles. The number of aromatic nitrogens is 1. The van der Waals surface area contributed by atoms with E-state index in [2.05, 4.69) is 5.32 Å². The van der Waals surface area contributed by atoms with Crippen LogP contribution in [0.4, 0.5) is 5.69 Å². The first-order valence-electron chi connectivity index (χ1n) is 6.18. The van der Waals surface area contributed by atoms with Gasteiger partial charge < -0.3 is 9.88 Å². The Labute approximate surface area is 126 Å². The van der Waals surface area contributed by atoms with Gasteiger partial charge in [0.15, 0.2) is 0 Å². The second-order valence-corrected chi connectivity index (χ2v) is 5.78. The van der Waals surface area contributed by atoms with Crippen molar-refractivity contribution >= 4 is 34.5 Å². The van der Waals surface area contributed by atoms with E-state index in [1.165, 1.54) is 0 Å². The fourth-order valence-electron chi connectivity index (χ4n) is 1.78. The summed E-state index contributed by atoms with van der Waals surface area (Å²) < 4.78 is 1.60. The molecule has 0 radical (unpaired) electrons. The predicted molar refractivity (Wildman–Crippen MR) is 82.8 cm³/mol. The van der Waals surface area contributed by atoms with Crippen LogP contribution in [0.5, 0.6) is 0 Å². The number of benzene rings is 1. The van der Waals surface area contributed by atoms with Gasteiger partial charge in [-0.25, -0.2) is 0 Å². The van der Waals surface area contributed by atoms with E-state index in [0.29, 0.717) is 17.3 Å². The maximum absolute atomic E-state index is 11.9. The van der Waals surface area contributed by atoms with E-state index in [1.807, 2.05) is 19.9 Å². The van der Waals surface area contributed by atoms with E-state index < -0.39 is 0 Å². The molecule has 0 aliphatic carbocycles. The molecule has 0 spiro atoms. The molecule has 1 N–H and O–H groups in total. The van der Waals surface area contributed by atoms with Crippen molar-refractivity contribution in [2.75, 3.05) is 5.32 Å². The Morgan fingerprint density at radius 1 is 1.40 bits per heavy atom. The smallest absolute Gasteiger partial charge is 0.307 e. The highest BCUT2D eigenvalue weighted by atomic mass is 35.5. The van der Waals surface area contributed by atoms with E-state index in [0.717, 1.165) is 22.6 Å². The number of thiazole rings is 1. The Morgan fingerprint density at radius 2 is 2.15 bits per heavy atom. The van der Waals surface area contributed by atoms with Gasteiger partial charge in [0.05, 0.1) is 0 Å². The highest BCUT2D eigenvalue weighted by Gasteiger charge is 2.07. The Morgan fingerprint density at radius 3 is 2.75 bits per heavy atom. The quantitative estimate of drug-likeness (QED) is 0.942. The molecule has 2 rings (SSSR count). The highest BCUT2D eigenvalue weighted by Crippen LogP contribution is 2.20. The molecule has 0 atom stereocenters. The SMILES string of the molecule is Cc1ccc(NC(=O)CCn2c(C)csc2=O)cc1Cl. The van der Waals surface area contributed by atoms with Crippen molar-refractivity contribution < 1.29 is 4.79 Å². The maximum atomic E-state index is 11.9. The van der Waals surface area contributed by atoms with Crippen molar-refractivity contribution in [3.05, 3.63) is 49.5 Å². The summed E-state index contributed by atoms with van der Waals surface area (Å²) in [7, 11) is 0. The van der Waals surface area contributed by atoms with E-state index in [9.17, 15) is 9.59 Å². The second-order valence-electron chi connectivity index (χ2n) is 4.56.